The standard InChI is InChI=1S/C12H23N3O.2ClH/c1-9(6-13)12(16)14-7-10-4-5-15(8-10)11-2-3-11;;/h9-11H,2-8,13H2,1H3,(H,14,16);2*1H. The number of hydrogen-bond donors (Lipinski definition) is 2. The molecule has 1 heterocycles. The minimum absolute atomic E-state index is 0. The maximum Gasteiger partial charge on any atom is 0.224 e. The summed E-state index contributed by atoms with van der Waals surface area (Å²) in [7, 11) is 0. The molecule has 0 aromatic carbocycles. The van der Waals surface area contributed by atoms with Crippen molar-refractivity contribution in [1.29, 1.82) is 0 Å². The molecule has 1 saturated carbocycles. The van der Waals surface area contributed by atoms with Crippen LogP contribution in [0.4, 0.5) is 0 Å². The average Bonchev–Trinajstić information content (AvgIpc) is 3.05. The molecule has 0 bridgehead atoms. The first-order valence-corrected chi connectivity index (χ1v) is 6.42. The summed E-state index contributed by atoms with van der Waals surface area (Å²) in [5.41, 5.74) is 5.46. The number of rotatable bonds is 5. The van der Waals surface area contributed by atoms with E-state index in [9.17, 15) is 4.79 Å². The zero-order chi connectivity index (χ0) is 11.5. The van der Waals surface area contributed by atoms with Gasteiger partial charge in [0.05, 0.1) is 0 Å². The normalized spacial score (nSPS) is 24.9. The second kappa shape index (κ2) is 8.20. The topological polar surface area (TPSA) is 58.4 Å². The molecule has 1 amide bonds. The molecule has 6 heteroatoms. The number of nitrogens with zero attached hydrogens (tertiary/aromatic N) is 1. The van der Waals surface area contributed by atoms with Crippen LogP contribution in [-0.4, -0.2) is 43.0 Å². The Kier molecular flexibility index (Phi) is 8.19. The zero-order valence-electron chi connectivity index (χ0n) is 10.9. The highest BCUT2D eigenvalue weighted by atomic mass is 35.5. The molecule has 2 unspecified atom stereocenters. The third-order valence-electron chi connectivity index (χ3n) is 3.75. The van der Waals surface area contributed by atoms with Crippen molar-refractivity contribution in [3.8, 4) is 0 Å². The van der Waals surface area contributed by atoms with Crippen molar-refractivity contribution in [1.82, 2.24) is 10.2 Å². The number of halogens is 2. The molecule has 2 fully saturated rings. The van der Waals surface area contributed by atoms with E-state index in [-0.39, 0.29) is 36.6 Å². The van der Waals surface area contributed by atoms with Crippen LogP contribution in [0, 0.1) is 11.8 Å². The molecule has 0 aromatic heterocycles. The third-order valence-corrected chi connectivity index (χ3v) is 3.75. The highest BCUT2D eigenvalue weighted by Crippen LogP contribution is 2.31. The highest BCUT2D eigenvalue weighted by molar-refractivity contribution is 5.85. The quantitative estimate of drug-likeness (QED) is 0.797. The van der Waals surface area contributed by atoms with Crippen molar-refractivity contribution in [3.05, 3.63) is 0 Å². The van der Waals surface area contributed by atoms with Gasteiger partial charge >= 0.3 is 0 Å². The summed E-state index contributed by atoms with van der Waals surface area (Å²) in [6.07, 6.45) is 3.99. The number of amides is 1. The van der Waals surface area contributed by atoms with Gasteiger partial charge in [-0.2, -0.15) is 0 Å². The van der Waals surface area contributed by atoms with Crippen LogP contribution >= 0.6 is 24.8 Å². The molecule has 1 aliphatic carbocycles. The smallest absolute Gasteiger partial charge is 0.224 e. The summed E-state index contributed by atoms with van der Waals surface area (Å²) in [6, 6.07) is 0.865. The summed E-state index contributed by atoms with van der Waals surface area (Å²) in [4.78, 5) is 14.1. The lowest BCUT2D eigenvalue weighted by atomic mass is 10.1. The van der Waals surface area contributed by atoms with E-state index in [4.69, 9.17) is 5.73 Å². The van der Waals surface area contributed by atoms with Crippen LogP contribution in [0.5, 0.6) is 0 Å². The van der Waals surface area contributed by atoms with E-state index in [1.807, 2.05) is 6.92 Å². The first-order valence-electron chi connectivity index (χ1n) is 6.42. The Balaban J connectivity index is 0.00000144. The van der Waals surface area contributed by atoms with Gasteiger partial charge in [0, 0.05) is 31.6 Å². The van der Waals surface area contributed by atoms with E-state index >= 15 is 0 Å². The first-order chi connectivity index (χ1) is 7.70. The van der Waals surface area contributed by atoms with Crippen LogP contribution in [0.1, 0.15) is 26.2 Å². The number of nitrogens with two attached hydrogens (primary N) is 1. The Hall–Kier alpha value is -0.0300. The van der Waals surface area contributed by atoms with Crippen LogP contribution in [0.2, 0.25) is 0 Å². The molecular formula is C12H25Cl2N3O. The Morgan fingerprint density at radius 1 is 1.39 bits per heavy atom. The summed E-state index contributed by atoms with van der Waals surface area (Å²) in [6.45, 7) is 5.52. The maximum absolute atomic E-state index is 11.6. The molecule has 2 rings (SSSR count). The van der Waals surface area contributed by atoms with E-state index in [1.165, 1.54) is 32.4 Å². The van der Waals surface area contributed by atoms with Crippen molar-refractivity contribution < 1.29 is 4.79 Å². The number of hydrogen-bond acceptors (Lipinski definition) is 3. The third kappa shape index (κ3) is 4.92. The van der Waals surface area contributed by atoms with Crippen LogP contribution in [0.15, 0.2) is 0 Å². The molecule has 0 spiro atoms. The van der Waals surface area contributed by atoms with Crippen molar-refractivity contribution >= 4 is 30.7 Å². The number of carbonyl (C=O) groups excluding carboxylic acids is 1. The average molecular weight is 298 g/mol. The SMILES string of the molecule is CC(CN)C(=O)NCC1CCN(C2CC2)C1.Cl.Cl. The molecule has 0 radical (unpaired) electrons. The first kappa shape index (κ1) is 18.0. The lowest BCUT2D eigenvalue weighted by Crippen LogP contribution is -2.37. The van der Waals surface area contributed by atoms with Gasteiger partial charge in [-0.1, -0.05) is 6.92 Å². The molecular weight excluding hydrogens is 273 g/mol. The maximum atomic E-state index is 11.6. The lowest BCUT2D eigenvalue weighted by molar-refractivity contribution is -0.124. The minimum Gasteiger partial charge on any atom is -0.356 e. The summed E-state index contributed by atoms with van der Waals surface area (Å²) in [5.74, 6) is 0.697. The van der Waals surface area contributed by atoms with Gasteiger partial charge in [-0.25, -0.2) is 0 Å². The van der Waals surface area contributed by atoms with E-state index in [2.05, 4.69) is 10.2 Å². The Morgan fingerprint density at radius 2 is 2.06 bits per heavy atom. The molecule has 4 nitrogen and oxygen atoms in total. The van der Waals surface area contributed by atoms with Crippen LogP contribution in [0.3, 0.4) is 0 Å². The van der Waals surface area contributed by atoms with Crippen molar-refractivity contribution in [2.75, 3.05) is 26.2 Å². The molecule has 3 N–H and O–H groups in total. The van der Waals surface area contributed by atoms with Gasteiger partial charge in [-0.05, 0) is 31.7 Å². The van der Waals surface area contributed by atoms with Gasteiger partial charge in [0.15, 0.2) is 0 Å². The van der Waals surface area contributed by atoms with Crippen molar-refractivity contribution in [2.24, 2.45) is 17.6 Å². The fourth-order valence-corrected chi connectivity index (χ4v) is 2.33. The Morgan fingerprint density at radius 3 is 2.61 bits per heavy atom. The van der Waals surface area contributed by atoms with Crippen LogP contribution in [0.25, 0.3) is 0 Å². The van der Waals surface area contributed by atoms with Crippen LogP contribution in [-0.2, 0) is 4.79 Å². The molecule has 1 aliphatic heterocycles. The lowest BCUT2D eigenvalue weighted by Gasteiger charge is -2.16. The van der Waals surface area contributed by atoms with Crippen molar-refractivity contribution in [3.63, 3.8) is 0 Å². The molecule has 2 aliphatic rings. The summed E-state index contributed by atoms with van der Waals surface area (Å²) >= 11 is 0. The van der Waals surface area contributed by atoms with E-state index in [0.717, 1.165) is 12.6 Å². The van der Waals surface area contributed by atoms with Gasteiger partial charge < -0.3 is 16.0 Å². The predicted octanol–water partition coefficient (Wildman–Crippen LogP) is 1.03. The van der Waals surface area contributed by atoms with E-state index in [0.29, 0.717) is 12.5 Å². The van der Waals surface area contributed by atoms with E-state index in [1.54, 1.807) is 0 Å². The number of nitrogens with one attached hydrogen (secondary N) is 1. The number of likely N-dealkylation sites (tertiary alicyclic amines) is 1. The Bertz CT molecular complexity index is 262. The molecule has 2 atom stereocenters. The molecule has 0 aromatic rings. The fraction of sp³-hybridized carbons (Fsp3) is 0.917. The van der Waals surface area contributed by atoms with Gasteiger partial charge in [-0.3, -0.25) is 4.79 Å². The van der Waals surface area contributed by atoms with E-state index < -0.39 is 0 Å². The fourth-order valence-electron chi connectivity index (χ4n) is 2.33. The molecule has 1 saturated heterocycles. The van der Waals surface area contributed by atoms with Gasteiger partial charge in [0.2, 0.25) is 5.91 Å². The Labute approximate surface area is 122 Å². The second-order valence-corrected chi connectivity index (χ2v) is 5.26. The summed E-state index contributed by atoms with van der Waals surface area (Å²) in [5, 5.41) is 3.01. The highest BCUT2D eigenvalue weighted by Gasteiger charge is 2.34. The molecule has 108 valence electrons. The monoisotopic (exact) mass is 297 g/mol. The summed E-state index contributed by atoms with van der Waals surface area (Å²) < 4.78 is 0. The zero-order valence-corrected chi connectivity index (χ0v) is 12.6. The van der Waals surface area contributed by atoms with Gasteiger partial charge in [0.1, 0.15) is 0 Å². The second-order valence-electron chi connectivity index (χ2n) is 5.26. The largest absolute Gasteiger partial charge is 0.356 e. The van der Waals surface area contributed by atoms with Crippen molar-refractivity contribution in [2.45, 2.75) is 32.2 Å². The minimum atomic E-state index is -0.0547. The van der Waals surface area contributed by atoms with Crippen LogP contribution < -0.4 is 11.1 Å². The van der Waals surface area contributed by atoms with Gasteiger partial charge in [-0.15, -0.1) is 24.8 Å². The van der Waals surface area contributed by atoms with Gasteiger partial charge in [0.25, 0.3) is 0 Å². The predicted molar refractivity (Wildman–Crippen MR) is 78.4 cm³/mol. The molecule has 18 heavy (non-hydrogen) atoms. The number of carbonyl (C=O) groups is 1.